The molecule has 0 unspecified atom stereocenters. The number of anilines is 1. The Labute approximate surface area is 104 Å². The molecule has 0 fully saturated rings. The van der Waals surface area contributed by atoms with Gasteiger partial charge in [-0.05, 0) is 38.1 Å². The fraction of sp³-hybridized carbons (Fsp3) is 0.538. The largest absolute Gasteiger partial charge is 0.372 e. The summed E-state index contributed by atoms with van der Waals surface area (Å²) in [6.07, 6.45) is 0. The molecule has 90 valence electrons. The molecule has 0 aliphatic carbocycles. The maximum Gasteiger partial charge on any atom is 0.0426 e. The van der Waals surface area contributed by atoms with Gasteiger partial charge in [0.05, 0.1) is 0 Å². The van der Waals surface area contributed by atoms with Gasteiger partial charge in [0.2, 0.25) is 0 Å². The lowest BCUT2D eigenvalue weighted by Crippen LogP contribution is -2.24. The number of rotatable bonds is 6. The third-order valence-corrected chi connectivity index (χ3v) is 2.95. The number of hydrogen-bond acceptors (Lipinski definition) is 2. The molecule has 0 aliphatic rings. The molecule has 0 saturated carbocycles. The molecular formula is C13H21ClN2. The Balaban J connectivity index is 2.96. The summed E-state index contributed by atoms with van der Waals surface area (Å²) in [4.78, 5) is 2.33. The maximum atomic E-state index is 6.06. The first-order valence-corrected chi connectivity index (χ1v) is 6.34. The monoisotopic (exact) mass is 240 g/mol. The molecule has 16 heavy (non-hydrogen) atoms. The first kappa shape index (κ1) is 13.3. The maximum absolute atomic E-state index is 6.06. The molecular weight excluding hydrogens is 220 g/mol. The summed E-state index contributed by atoms with van der Waals surface area (Å²) in [5.41, 5.74) is 2.56. The molecule has 0 radical (unpaired) electrons. The van der Waals surface area contributed by atoms with Crippen LogP contribution >= 0.6 is 11.6 Å². The topological polar surface area (TPSA) is 15.3 Å². The van der Waals surface area contributed by atoms with Crippen molar-refractivity contribution in [3.8, 4) is 0 Å². The van der Waals surface area contributed by atoms with Crippen molar-refractivity contribution in [1.29, 1.82) is 0 Å². The summed E-state index contributed by atoms with van der Waals surface area (Å²) >= 11 is 6.06. The Morgan fingerprint density at radius 3 is 2.44 bits per heavy atom. The van der Waals surface area contributed by atoms with Gasteiger partial charge < -0.3 is 10.2 Å². The SMILES string of the molecule is CCNCc1ccc(Cl)cc1N(CC)CC. The van der Waals surface area contributed by atoms with E-state index in [2.05, 4.69) is 43.1 Å². The van der Waals surface area contributed by atoms with Gasteiger partial charge in [-0.3, -0.25) is 0 Å². The van der Waals surface area contributed by atoms with E-state index in [4.69, 9.17) is 11.6 Å². The van der Waals surface area contributed by atoms with E-state index in [1.165, 1.54) is 11.3 Å². The van der Waals surface area contributed by atoms with E-state index in [9.17, 15) is 0 Å². The Bertz CT molecular complexity index is 322. The van der Waals surface area contributed by atoms with Gasteiger partial charge in [0.1, 0.15) is 0 Å². The van der Waals surface area contributed by atoms with Gasteiger partial charge in [0.15, 0.2) is 0 Å². The Morgan fingerprint density at radius 1 is 1.19 bits per heavy atom. The number of halogens is 1. The number of nitrogens with zero attached hydrogens (tertiary/aromatic N) is 1. The fourth-order valence-electron chi connectivity index (χ4n) is 1.80. The van der Waals surface area contributed by atoms with Crippen LogP contribution in [0.1, 0.15) is 26.3 Å². The van der Waals surface area contributed by atoms with Crippen molar-refractivity contribution >= 4 is 17.3 Å². The minimum Gasteiger partial charge on any atom is -0.372 e. The van der Waals surface area contributed by atoms with Crippen LogP contribution in [-0.2, 0) is 6.54 Å². The van der Waals surface area contributed by atoms with Crippen LogP contribution in [0.2, 0.25) is 5.02 Å². The predicted octanol–water partition coefficient (Wildman–Crippen LogP) is 3.30. The number of benzene rings is 1. The zero-order valence-corrected chi connectivity index (χ0v) is 11.1. The molecule has 1 aromatic carbocycles. The fourth-order valence-corrected chi connectivity index (χ4v) is 1.97. The van der Waals surface area contributed by atoms with Crippen LogP contribution in [-0.4, -0.2) is 19.6 Å². The van der Waals surface area contributed by atoms with Crippen LogP contribution in [0.15, 0.2) is 18.2 Å². The molecule has 0 heterocycles. The first-order chi connectivity index (χ1) is 7.72. The molecule has 1 N–H and O–H groups in total. The third-order valence-electron chi connectivity index (χ3n) is 2.72. The minimum absolute atomic E-state index is 0.808. The van der Waals surface area contributed by atoms with Gasteiger partial charge in [-0.2, -0.15) is 0 Å². The van der Waals surface area contributed by atoms with Crippen LogP contribution < -0.4 is 10.2 Å². The van der Waals surface area contributed by atoms with Crippen LogP contribution in [0.5, 0.6) is 0 Å². The first-order valence-electron chi connectivity index (χ1n) is 5.97. The second kappa shape index (κ2) is 6.77. The average molecular weight is 241 g/mol. The minimum atomic E-state index is 0.808. The normalized spacial score (nSPS) is 10.5. The zero-order chi connectivity index (χ0) is 12.0. The molecule has 2 nitrogen and oxygen atoms in total. The smallest absolute Gasteiger partial charge is 0.0426 e. The summed E-state index contributed by atoms with van der Waals surface area (Å²) in [7, 11) is 0. The van der Waals surface area contributed by atoms with Crippen molar-refractivity contribution in [2.75, 3.05) is 24.5 Å². The second-order valence-electron chi connectivity index (χ2n) is 3.73. The van der Waals surface area contributed by atoms with Gasteiger partial charge in [-0.25, -0.2) is 0 Å². The van der Waals surface area contributed by atoms with Gasteiger partial charge in [-0.1, -0.05) is 24.6 Å². The lowest BCUT2D eigenvalue weighted by Gasteiger charge is -2.24. The highest BCUT2D eigenvalue weighted by Crippen LogP contribution is 2.24. The Hall–Kier alpha value is -0.730. The molecule has 0 saturated heterocycles. The molecule has 0 aromatic heterocycles. The quantitative estimate of drug-likeness (QED) is 0.821. The van der Waals surface area contributed by atoms with Crippen molar-refractivity contribution in [3.05, 3.63) is 28.8 Å². The van der Waals surface area contributed by atoms with Gasteiger partial charge in [0, 0.05) is 30.3 Å². The molecule has 0 bridgehead atoms. The van der Waals surface area contributed by atoms with Crippen molar-refractivity contribution in [2.24, 2.45) is 0 Å². The van der Waals surface area contributed by atoms with E-state index >= 15 is 0 Å². The number of nitrogens with one attached hydrogen (secondary N) is 1. The highest BCUT2D eigenvalue weighted by atomic mass is 35.5. The average Bonchev–Trinajstić information content (AvgIpc) is 2.30. The van der Waals surface area contributed by atoms with E-state index in [0.29, 0.717) is 0 Å². The standard InChI is InChI=1S/C13H21ClN2/c1-4-15-10-11-7-8-12(14)9-13(11)16(5-2)6-3/h7-9,15H,4-6,10H2,1-3H3. The number of hydrogen-bond donors (Lipinski definition) is 1. The summed E-state index contributed by atoms with van der Waals surface area (Å²) in [5.74, 6) is 0. The lowest BCUT2D eigenvalue weighted by atomic mass is 10.1. The molecule has 0 aliphatic heterocycles. The van der Waals surface area contributed by atoms with E-state index in [-0.39, 0.29) is 0 Å². The molecule has 0 atom stereocenters. The highest BCUT2D eigenvalue weighted by Gasteiger charge is 2.08. The predicted molar refractivity (Wildman–Crippen MR) is 72.4 cm³/mol. The third kappa shape index (κ3) is 3.39. The van der Waals surface area contributed by atoms with Crippen LogP contribution in [0.3, 0.4) is 0 Å². The molecule has 1 aromatic rings. The van der Waals surface area contributed by atoms with Crippen molar-refractivity contribution in [2.45, 2.75) is 27.3 Å². The van der Waals surface area contributed by atoms with E-state index in [1.54, 1.807) is 0 Å². The second-order valence-corrected chi connectivity index (χ2v) is 4.16. The van der Waals surface area contributed by atoms with E-state index in [1.807, 2.05) is 6.07 Å². The van der Waals surface area contributed by atoms with Gasteiger partial charge >= 0.3 is 0 Å². The Kier molecular flexibility index (Phi) is 5.64. The zero-order valence-electron chi connectivity index (χ0n) is 10.4. The molecule has 3 heteroatoms. The van der Waals surface area contributed by atoms with Crippen LogP contribution in [0.4, 0.5) is 5.69 Å². The summed E-state index contributed by atoms with van der Waals surface area (Å²) < 4.78 is 0. The summed E-state index contributed by atoms with van der Waals surface area (Å²) in [5, 5.41) is 4.17. The van der Waals surface area contributed by atoms with E-state index < -0.39 is 0 Å². The van der Waals surface area contributed by atoms with E-state index in [0.717, 1.165) is 31.2 Å². The molecule has 0 spiro atoms. The molecule has 0 amide bonds. The van der Waals surface area contributed by atoms with Crippen molar-refractivity contribution < 1.29 is 0 Å². The summed E-state index contributed by atoms with van der Waals surface area (Å²) in [6.45, 7) is 10.4. The van der Waals surface area contributed by atoms with Crippen molar-refractivity contribution in [3.63, 3.8) is 0 Å². The molecule has 1 rings (SSSR count). The van der Waals surface area contributed by atoms with Crippen LogP contribution in [0, 0.1) is 0 Å². The lowest BCUT2D eigenvalue weighted by molar-refractivity contribution is 0.721. The Morgan fingerprint density at radius 2 is 1.88 bits per heavy atom. The van der Waals surface area contributed by atoms with Gasteiger partial charge in [-0.15, -0.1) is 0 Å². The van der Waals surface area contributed by atoms with Crippen molar-refractivity contribution in [1.82, 2.24) is 5.32 Å². The van der Waals surface area contributed by atoms with Gasteiger partial charge in [0.25, 0.3) is 0 Å². The summed E-state index contributed by atoms with van der Waals surface area (Å²) in [6, 6.07) is 6.13. The highest BCUT2D eigenvalue weighted by molar-refractivity contribution is 6.30. The van der Waals surface area contributed by atoms with Crippen LogP contribution in [0.25, 0.3) is 0 Å².